The van der Waals surface area contributed by atoms with Crippen LogP contribution in [-0.4, -0.2) is 47.0 Å². The van der Waals surface area contributed by atoms with Crippen LogP contribution in [-0.2, 0) is 23.1 Å². The molecule has 0 N–H and O–H groups in total. The molecule has 2 fully saturated rings. The maximum atomic E-state index is 13.7. The van der Waals surface area contributed by atoms with E-state index in [0.29, 0.717) is 24.7 Å². The molecule has 7 nitrogen and oxygen atoms in total. The van der Waals surface area contributed by atoms with Crippen LogP contribution in [0.1, 0.15) is 44.1 Å². The number of hydrogen-bond donors (Lipinski definition) is 0. The monoisotopic (exact) mass is 489 g/mol. The van der Waals surface area contributed by atoms with E-state index in [4.69, 9.17) is 19.3 Å². The quantitative estimate of drug-likeness (QED) is 0.392. The summed E-state index contributed by atoms with van der Waals surface area (Å²) >= 11 is 0. The highest BCUT2D eigenvalue weighted by molar-refractivity contribution is 5.79. The van der Waals surface area contributed by atoms with Gasteiger partial charge < -0.3 is 19.1 Å². The van der Waals surface area contributed by atoms with Gasteiger partial charge >= 0.3 is 0 Å². The number of amides is 1. The number of carbonyl (C=O) groups is 1. The molecule has 5 rings (SSSR count). The van der Waals surface area contributed by atoms with Crippen molar-refractivity contribution in [2.75, 3.05) is 20.3 Å². The molecule has 1 atom stereocenters. The van der Waals surface area contributed by atoms with E-state index in [-0.39, 0.29) is 17.9 Å². The molecule has 36 heavy (non-hydrogen) atoms. The van der Waals surface area contributed by atoms with Crippen LogP contribution >= 0.6 is 0 Å². The smallest absolute Gasteiger partial charge is 0.226 e. The molecule has 1 amide bonds. The molecule has 1 aliphatic carbocycles. The van der Waals surface area contributed by atoms with Crippen LogP contribution in [0.2, 0.25) is 0 Å². The van der Waals surface area contributed by atoms with E-state index in [1.54, 1.807) is 11.8 Å². The van der Waals surface area contributed by atoms with Crippen LogP contribution in [0, 0.1) is 5.92 Å². The van der Waals surface area contributed by atoms with Gasteiger partial charge in [-0.15, -0.1) is 0 Å². The molecule has 2 aliphatic rings. The first-order valence-corrected chi connectivity index (χ1v) is 13.0. The molecule has 1 saturated heterocycles. The summed E-state index contributed by atoms with van der Waals surface area (Å²) in [4.78, 5) is 15.7. The Balaban J connectivity index is 1.51. The van der Waals surface area contributed by atoms with Gasteiger partial charge in [-0.3, -0.25) is 4.79 Å². The van der Waals surface area contributed by atoms with Crippen LogP contribution in [0.3, 0.4) is 0 Å². The van der Waals surface area contributed by atoms with E-state index in [1.165, 1.54) is 0 Å². The first kappa shape index (κ1) is 24.4. The third kappa shape index (κ3) is 5.41. The Morgan fingerprint density at radius 2 is 1.75 bits per heavy atom. The normalized spacial score (nSPS) is 17.9. The van der Waals surface area contributed by atoms with Crippen molar-refractivity contribution >= 4 is 5.91 Å². The van der Waals surface area contributed by atoms with Crippen molar-refractivity contribution < 1.29 is 19.0 Å². The van der Waals surface area contributed by atoms with Gasteiger partial charge in [0.2, 0.25) is 11.8 Å². The average molecular weight is 490 g/mol. The highest BCUT2D eigenvalue weighted by Crippen LogP contribution is 2.36. The third-order valence-corrected chi connectivity index (χ3v) is 7.22. The molecule has 190 valence electrons. The zero-order valence-electron chi connectivity index (χ0n) is 21.2. The number of rotatable bonds is 9. The van der Waals surface area contributed by atoms with Gasteiger partial charge in [-0.2, -0.15) is 5.10 Å². The van der Waals surface area contributed by atoms with E-state index in [9.17, 15) is 4.79 Å². The first-order chi connectivity index (χ1) is 17.6. The summed E-state index contributed by atoms with van der Waals surface area (Å²) in [6.07, 6.45) is 6.30. The topological polar surface area (TPSA) is 65.8 Å². The highest BCUT2D eigenvalue weighted by Gasteiger charge is 2.32. The Bertz CT molecular complexity index is 1150. The fourth-order valence-electron chi connectivity index (χ4n) is 5.29. The summed E-state index contributed by atoms with van der Waals surface area (Å²) in [5.74, 6) is 2.40. The van der Waals surface area contributed by atoms with Gasteiger partial charge in [-0.1, -0.05) is 43.2 Å². The standard InChI is InChI=1S/C29H35N3O4/c1-31-29(36-24-16-14-23(34-2)15-17-24)26(27(30-31)21-9-4-3-5-10-21)20-32(19-25-13-8-18-35-25)28(33)22-11-6-7-12-22/h3-5,9-10,14-17,22,25H,6-8,11-13,18-20H2,1-2H3/t25-/m1/s1. The van der Waals surface area contributed by atoms with Crippen molar-refractivity contribution in [1.82, 2.24) is 14.7 Å². The van der Waals surface area contributed by atoms with Crippen LogP contribution in [0.5, 0.6) is 17.4 Å². The van der Waals surface area contributed by atoms with Crippen LogP contribution in [0.4, 0.5) is 0 Å². The molecule has 1 aromatic heterocycles. The van der Waals surface area contributed by atoms with E-state index in [2.05, 4.69) is 0 Å². The molecule has 2 aromatic carbocycles. The molecular weight excluding hydrogens is 454 g/mol. The lowest BCUT2D eigenvalue weighted by molar-refractivity contribution is -0.137. The SMILES string of the molecule is COc1ccc(Oc2c(CN(C[C@H]3CCCO3)C(=O)C3CCCC3)c(-c3ccccc3)nn2C)cc1. The zero-order chi connectivity index (χ0) is 24.9. The molecule has 0 unspecified atom stereocenters. The van der Waals surface area contributed by atoms with Gasteiger partial charge in [0.1, 0.15) is 17.2 Å². The minimum Gasteiger partial charge on any atom is -0.497 e. The highest BCUT2D eigenvalue weighted by atomic mass is 16.5. The lowest BCUT2D eigenvalue weighted by Gasteiger charge is -2.28. The summed E-state index contributed by atoms with van der Waals surface area (Å²) in [5.41, 5.74) is 2.74. The molecule has 0 bridgehead atoms. The molecule has 7 heteroatoms. The Morgan fingerprint density at radius 3 is 2.42 bits per heavy atom. The largest absolute Gasteiger partial charge is 0.497 e. The number of benzene rings is 2. The average Bonchev–Trinajstić information content (AvgIpc) is 3.68. The number of hydrogen-bond acceptors (Lipinski definition) is 5. The third-order valence-electron chi connectivity index (χ3n) is 7.22. The lowest BCUT2D eigenvalue weighted by atomic mass is 10.0. The van der Waals surface area contributed by atoms with Crippen molar-refractivity contribution in [2.45, 2.75) is 51.2 Å². The minimum absolute atomic E-state index is 0.0816. The molecular formula is C29H35N3O4. The summed E-state index contributed by atoms with van der Waals surface area (Å²) in [6.45, 7) is 1.79. The second kappa shape index (κ2) is 11.2. The van der Waals surface area contributed by atoms with Gasteiger partial charge in [0.15, 0.2) is 0 Å². The lowest BCUT2D eigenvalue weighted by Crippen LogP contribution is -2.40. The van der Waals surface area contributed by atoms with Crippen molar-refractivity contribution in [3.63, 3.8) is 0 Å². The minimum atomic E-state index is 0.0816. The first-order valence-electron chi connectivity index (χ1n) is 13.0. The predicted molar refractivity (Wildman–Crippen MR) is 138 cm³/mol. The predicted octanol–water partition coefficient (Wildman–Crippen LogP) is 5.59. The number of nitrogens with zero attached hydrogens (tertiary/aromatic N) is 3. The summed E-state index contributed by atoms with van der Waals surface area (Å²) < 4.78 is 19.4. The Kier molecular flexibility index (Phi) is 7.56. The maximum Gasteiger partial charge on any atom is 0.226 e. The summed E-state index contributed by atoms with van der Waals surface area (Å²) in [6, 6.07) is 17.6. The van der Waals surface area contributed by atoms with Crippen molar-refractivity contribution in [2.24, 2.45) is 13.0 Å². The van der Waals surface area contributed by atoms with Gasteiger partial charge in [-0.05, 0) is 49.9 Å². The van der Waals surface area contributed by atoms with Crippen molar-refractivity contribution in [1.29, 1.82) is 0 Å². The van der Waals surface area contributed by atoms with E-state index >= 15 is 0 Å². The second-order valence-corrected chi connectivity index (χ2v) is 9.73. The fourth-order valence-corrected chi connectivity index (χ4v) is 5.29. The number of ether oxygens (including phenoxy) is 3. The number of carbonyl (C=O) groups excluding carboxylic acids is 1. The van der Waals surface area contributed by atoms with Crippen LogP contribution < -0.4 is 9.47 Å². The fraction of sp³-hybridized carbons (Fsp3) is 0.448. The molecule has 0 radical (unpaired) electrons. The van der Waals surface area contributed by atoms with Crippen molar-refractivity contribution in [3.05, 3.63) is 60.2 Å². The van der Waals surface area contributed by atoms with E-state index in [0.717, 1.165) is 67.7 Å². The van der Waals surface area contributed by atoms with Gasteiger partial charge in [-0.25, -0.2) is 4.68 Å². The second-order valence-electron chi connectivity index (χ2n) is 9.73. The van der Waals surface area contributed by atoms with Crippen LogP contribution in [0.15, 0.2) is 54.6 Å². The van der Waals surface area contributed by atoms with Crippen molar-refractivity contribution in [3.8, 4) is 28.6 Å². The van der Waals surface area contributed by atoms with Gasteiger partial charge in [0, 0.05) is 31.7 Å². The van der Waals surface area contributed by atoms with E-state index in [1.807, 2.05) is 66.5 Å². The number of aromatic nitrogens is 2. The summed E-state index contributed by atoms with van der Waals surface area (Å²) in [5, 5.41) is 4.85. The molecule has 1 saturated carbocycles. The number of methoxy groups -OCH3 is 1. The zero-order valence-corrected chi connectivity index (χ0v) is 21.2. The Labute approximate surface area is 213 Å². The van der Waals surface area contributed by atoms with E-state index < -0.39 is 0 Å². The molecule has 3 aromatic rings. The Morgan fingerprint density at radius 1 is 1.03 bits per heavy atom. The van der Waals surface area contributed by atoms with Gasteiger partial charge in [0.25, 0.3) is 0 Å². The summed E-state index contributed by atoms with van der Waals surface area (Å²) in [7, 11) is 3.53. The molecule has 2 heterocycles. The Hall–Kier alpha value is -3.32. The molecule has 1 aliphatic heterocycles. The molecule has 0 spiro atoms. The van der Waals surface area contributed by atoms with Gasteiger partial charge in [0.05, 0.1) is 25.3 Å². The maximum absolute atomic E-state index is 13.7. The number of aryl methyl sites for hydroxylation is 1. The van der Waals surface area contributed by atoms with Crippen LogP contribution in [0.25, 0.3) is 11.3 Å².